The Morgan fingerprint density at radius 3 is 2.43 bits per heavy atom. The molecule has 0 spiro atoms. The molecule has 2 amide bonds. The van der Waals surface area contributed by atoms with E-state index in [-0.39, 0.29) is 30.9 Å². The Balaban J connectivity index is 1.52. The second-order valence-electron chi connectivity index (χ2n) is 10.7. The number of carbonyl (C=O) groups excluding carboxylic acids is 2. The van der Waals surface area contributed by atoms with Gasteiger partial charge >= 0.3 is 12.6 Å². The van der Waals surface area contributed by atoms with Gasteiger partial charge in [-0.25, -0.2) is 27.9 Å². The maximum atomic E-state index is 14.2. The number of amides is 2. The summed E-state index contributed by atoms with van der Waals surface area (Å²) in [6.45, 7) is 0.279. The van der Waals surface area contributed by atoms with Gasteiger partial charge in [0.2, 0.25) is 0 Å². The van der Waals surface area contributed by atoms with Gasteiger partial charge in [0.25, 0.3) is 12.3 Å². The number of hydrogen-bond acceptors (Lipinski definition) is 7. The van der Waals surface area contributed by atoms with Gasteiger partial charge in [-0.1, -0.05) is 29.8 Å². The van der Waals surface area contributed by atoms with Gasteiger partial charge in [-0.2, -0.15) is 19.0 Å². The summed E-state index contributed by atoms with van der Waals surface area (Å²) in [5, 5.41) is 10.4. The lowest BCUT2D eigenvalue weighted by molar-refractivity contribution is 0.0566. The minimum absolute atomic E-state index is 0.0979. The number of nitrogens with two attached hydrogens (primary N) is 1. The number of alkyl carbamates (subject to hydrolysis) is 1. The highest BCUT2D eigenvalue weighted by Gasteiger charge is 2.53. The van der Waals surface area contributed by atoms with Crippen molar-refractivity contribution in [2.75, 3.05) is 13.2 Å². The lowest BCUT2D eigenvalue weighted by Crippen LogP contribution is -2.47. The minimum Gasteiger partial charge on any atom is -0.447 e. The summed E-state index contributed by atoms with van der Waals surface area (Å²) in [7, 11) is 0. The van der Waals surface area contributed by atoms with Gasteiger partial charge in [0.05, 0.1) is 22.9 Å². The molecule has 1 aliphatic carbocycles. The Labute approximate surface area is 271 Å². The van der Waals surface area contributed by atoms with Crippen LogP contribution in [0.3, 0.4) is 0 Å². The van der Waals surface area contributed by atoms with Gasteiger partial charge in [0.15, 0.2) is 5.96 Å². The van der Waals surface area contributed by atoms with Crippen molar-refractivity contribution in [3.63, 3.8) is 0 Å². The molecule has 17 heteroatoms. The van der Waals surface area contributed by atoms with Crippen LogP contribution in [0.25, 0.3) is 16.8 Å². The van der Waals surface area contributed by atoms with Crippen molar-refractivity contribution in [2.24, 2.45) is 10.7 Å². The predicted molar refractivity (Wildman–Crippen MR) is 164 cm³/mol. The maximum absolute atomic E-state index is 14.2. The van der Waals surface area contributed by atoms with Crippen LogP contribution >= 0.6 is 11.6 Å². The third kappa shape index (κ3) is 7.21. The number of hydrogen-bond donors (Lipinski definition) is 2. The van der Waals surface area contributed by atoms with Crippen LogP contribution in [-0.4, -0.2) is 72.5 Å². The Morgan fingerprint density at radius 1 is 1.13 bits per heavy atom. The van der Waals surface area contributed by atoms with E-state index >= 15 is 0 Å². The number of nitrogens with zero attached hydrogens (tertiary/aromatic N) is 7. The van der Waals surface area contributed by atoms with Crippen molar-refractivity contribution < 1.29 is 31.9 Å². The van der Waals surface area contributed by atoms with Crippen molar-refractivity contribution in [1.29, 1.82) is 0 Å². The number of aromatic nitrogens is 5. The second-order valence-corrected chi connectivity index (χ2v) is 11.1. The van der Waals surface area contributed by atoms with Gasteiger partial charge < -0.3 is 15.8 Å². The number of ether oxygens (including phenoxy) is 1. The molecular weight excluding hydrogens is 646 g/mol. The van der Waals surface area contributed by atoms with Crippen LogP contribution in [-0.2, 0) is 4.74 Å². The monoisotopic (exact) mass is 675 g/mol. The number of alkyl halides is 4. The van der Waals surface area contributed by atoms with Crippen LogP contribution in [0.15, 0.2) is 66.2 Å². The number of aliphatic imine (C=N–C) groups is 1. The van der Waals surface area contributed by atoms with Crippen LogP contribution in [0.2, 0.25) is 5.02 Å². The Morgan fingerprint density at radius 2 is 1.85 bits per heavy atom. The molecule has 4 aromatic rings. The van der Waals surface area contributed by atoms with Crippen molar-refractivity contribution in [1.82, 2.24) is 34.8 Å². The van der Waals surface area contributed by atoms with Crippen molar-refractivity contribution in [3.05, 3.63) is 83.2 Å². The summed E-state index contributed by atoms with van der Waals surface area (Å²) >= 11 is 6.50. The topological polar surface area (TPSA) is 146 Å². The maximum Gasteiger partial charge on any atom is 0.407 e. The van der Waals surface area contributed by atoms with E-state index in [4.69, 9.17) is 22.1 Å². The summed E-state index contributed by atoms with van der Waals surface area (Å²) in [5.74, 6) is -0.353. The quantitative estimate of drug-likeness (QED) is 0.121. The number of guanidine groups is 1. The summed E-state index contributed by atoms with van der Waals surface area (Å²) in [6, 6.07) is 9.68. The average molecular weight is 676 g/mol. The van der Waals surface area contributed by atoms with E-state index in [1.54, 1.807) is 44.2 Å². The summed E-state index contributed by atoms with van der Waals surface area (Å²) < 4.78 is 60.5. The number of aryl methyl sites for hydroxylation is 1. The van der Waals surface area contributed by atoms with E-state index in [1.165, 1.54) is 35.5 Å². The van der Waals surface area contributed by atoms with E-state index < -0.39 is 43.2 Å². The first-order valence-electron chi connectivity index (χ1n) is 14.4. The van der Waals surface area contributed by atoms with Crippen LogP contribution in [0.4, 0.5) is 22.4 Å². The molecule has 0 unspecified atom stereocenters. The van der Waals surface area contributed by atoms with Crippen LogP contribution in [0.1, 0.15) is 54.1 Å². The Hall–Kier alpha value is -4.99. The van der Waals surface area contributed by atoms with E-state index in [0.717, 1.165) is 4.90 Å². The molecule has 2 aromatic heterocycles. The van der Waals surface area contributed by atoms with Gasteiger partial charge in [0.1, 0.15) is 24.3 Å². The second kappa shape index (κ2) is 13.8. The SMILES string of the molecule is CCN=C(N)N(C(=O)c1ccc(-c2cnn(C(F)F)c2)cc1)[C@H](COC(=O)NC1(C(F)F)CC1)c1ccc(Cl)c(-n2ncnc2C)c1. The Kier molecular flexibility index (Phi) is 9.79. The highest BCUT2D eigenvalue weighted by Crippen LogP contribution is 2.41. The zero-order valence-electron chi connectivity index (χ0n) is 25.2. The lowest BCUT2D eigenvalue weighted by atomic mass is 10.0. The standard InChI is InChI=1S/C30H30ClF4N9O3/c1-3-37-28(36)43(25(45)19-6-4-18(5-7-19)21-13-39-42(14-21)27(34)35)24(15-47-29(46)41-30(10-11-30)26(32)33)20-8-9-22(31)23(12-20)44-17(2)38-16-40-44/h4-9,12-14,16,24,26-27H,3,10-11,15H2,1-2H3,(H2,36,37)(H,41,46)/t24-/m1/s1. The van der Waals surface area contributed by atoms with Gasteiger partial charge in [-0.3, -0.25) is 14.7 Å². The van der Waals surface area contributed by atoms with Crippen molar-refractivity contribution >= 4 is 29.6 Å². The molecule has 0 bridgehead atoms. The van der Waals surface area contributed by atoms with E-state index in [9.17, 15) is 27.2 Å². The fourth-order valence-electron chi connectivity index (χ4n) is 4.86. The third-order valence-corrected chi connectivity index (χ3v) is 7.91. The smallest absolute Gasteiger partial charge is 0.407 e. The molecule has 0 saturated heterocycles. The van der Waals surface area contributed by atoms with E-state index in [1.807, 2.05) is 0 Å². The average Bonchev–Trinajstić information content (AvgIpc) is 3.43. The predicted octanol–water partition coefficient (Wildman–Crippen LogP) is 5.53. The molecule has 2 aromatic carbocycles. The molecular formula is C30H30ClF4N9O3. The molecule has 0 aliphatic heterocycles. The number of carbonyl (C=O) groups is 2. The lowest BCUT2D eigenvalue weighted by Gasteiger charge is -2.31. The third-order valence-electron chi connectivity index (χ3n) is 7.60. The molecule has 3 N–H and O–H groups in total. The molecule has 1 aliphatic rings. The molecule has 248 valence electrons. The molecule has 0 radical (unpaired) electrons. The first-order valence-corrected chi connectivity index (χ1v) is 14.8. The van der Waals surface area contributed by atoms with Gasteiger partial charge in [-0.15, -0.1) is 0 Å². The number of halogens is 5. The molecule has 1 atom stereocenters. The summed E-state index contributed by atoms with van der Waals surface area (Å²) in [6.07, 6.45) is 0.0988. The molecule has 1 fully saturated rings. The van der Waals surface area contributed by atoms with Crippen molar-refractivity contribution in [3.8, 4) is 16.8 Å². The first kappa shape index (κ1) is 33.4. The minimum atomic E-state index is -2.81. The molecule has 1 saturated carbocycles. The van der Waals surface area contributed by atoms with Crippen molar-refractivity contribution in [2.45, 2.75) is 51.2 Å². The number of nitrogens with one attached hydrogen (secondary N) is 1. The van der Waals surface area contributed by atoms with E-state index in [2.05, 4.69) is 25.5 Å². The van der Waals surface area contributed by atoms with Crippen LogP contribution in [0, 0.1) is 6.92 Å². The van der Waals surface area contributed by atoms with Gasteiger partial charge in [0, 0.05) is 23.9 Å². The molecule has 2 heterocycles. The highest BCUT2D eigenvalue weighted by atomic mass is 35.5. The molecule has 12 nitrogen and oxygen atoms in total. The normalized spacial score (nSPS) is 14.7. The fourth-order valence-corrected chi connectivity index (χ4v) is 5.06. The highest BCUT2D eigenvalue weighted by molar-refractivity contribution is 6.32. The van der Waals surface area contributed by atoms with Crippen LogP contribution in [0.5, 0.6) is 0 Å². The number of benzene rings is 2. The molecule has 5 rings (SSSR count). The largest absolute Gasteiger partial charge is 0.447 e. The zero-order chi connectivity index (χ0) is 33.9. The first-order chi connectivity index (χ1) is 22.4. The zero-order valence-corrected chi connectivity index (χ0v) is 25.9. The van der Waals surface area contributed by atoms with E-state index in [0.29, 0.717) is 37.9 Å². The Bertz CT molecular complexity index is 1770. The van der Waals surface area contributed by atoms with Gasteiger partial charge in [-0.05, 0) is 62.1 Å². The van der Waals surface area contributed by atoms with Crippen LogP contribution < -0.4 is 11.1 Å². The molecule has 47 heavy (non-hydrogen) atoms. The summed E-state index contributed by atoms with van der Waals surface area (Å²) in [5.41, 5.74) is 6.55. The fraction of sp³-hybridized carbons (Fsp3) is 0.333. The summed E-state index contributed by atoms with van der Waals surface area (Å²) in [4.78, 5) is 36.4. The number of rotatable bonds is 11.